The minimum Gasteiger partial charge on any atom is -0.875 e. The van der Waals surface area contributed by atoms with Gasteiger partial charge in [0, 0.05) is 11.1 Å². The molecule has 0 atom stereocenters. The zero-order valence-corrected chi connectivity index (χ0v) is 43.3. The number of aliphatic imine (C=N–C) groups is 3. The summed E-state index contributed by atoms with van der Waals surface area (Å²) in [4.78, 5) is 22.2. The maximum absolute atomic E-state index is 14.9. The number of hydrogen-bond donors (Lipinski definition) is 0. The third-order valence-electron chi connectivity index (χ3n) is 14.0. The number of fused-ring (bicyclic) bond motifs is 7. The second kappa shape index (κ2) is 17.0. The van der Waals surface area contributed by atoms with E-state index in [9.17, 15) is 5.11 Å². The maximum Gasteiger partial charge on any atom is 2.00 e. The van der Waals surface area contributed by atoms with E-state index in [0.29, 0.717) is 17.0 Å². The van der Waals surface area contributed by atoms with Gasteiger partial charge in [-0.3, -0.25) is 0 Å². The number of rotatable bonds is 3. The summed E-state index contributed by atoms with van der Waals surface area (Å²) in [5, 5.41) is 16.5. The van der Waals surface area contributed by atoms with E-state index >= 15 is 0 Å². The van der Waals surface area contributed by atoms with Crippen molar-refractivity contribution < 1.29 is 22.2 Å². The Labute approximate surface area is 419 Å². The maximum atomic E-state index is 14.9. The van der Waals surface area contributed by atoms with E-state index in [1.165, 1.54) is 22.3 Å². The van der Waals surface area contributed by atoms with Gasteiger partial charge in [0.25, 0.3) is 0 Å². The summed E-state index contributed by atoms with van der Waals surface area (Å²) in [5.41, 5.74) is 19.7. The van der Waals surface area contributed by atoms with Crippen molar-refractivity contribution >= 4 is 39.4 Å². The number of hydrogen-bond acceptors (Lipinski definition) is 4. The zero-order chi connectivity index (χ0) is 48.2. The Balaban J connectivity index is 0.00000593. The van der Waals surface area contributed by atoms with Gasteiger partial charge in [-0.1, -0.05) is 180 Å². The topological polar surface area (TPSA) is 74.2 Å². The third kappa shape index (κ3) is 8.72. The minimum absolute atomic E-state index is 0. The molecule has 5 aliphatic rings. The molecule has 0 saturated carbocycles. The van der Waals surface area contributed by atoms with Gasteiger partial charge >= 0.3 is 17.1 Å². The Morgan fingerprint density at radius 2 is 0.913 bits per heavy atom. The van der Waals surface area contributed by atoms with E-state index in [0.717, 1.165) is 89.2 Å². The Bertz CT molecular complexity index is 3400. The molecule has 5 nitrogen and oxygen atoms in total. The number of aryl methyl sites for hydroxylation is 1. The molecule has 5 aromatic rings. The van der Waals surface area contributed by atoms with Gasteiger partial charge in [0.05, 0.1) is 34.2 Å². The predicted octanol–water partition coefficient (Wildman–Crippen LogP) is 11.9. The van der Waals surface area contributed by atoms with Gasteiger partial charge in [0.1, 0.15) is 0 Å². The van der Waals surface area contributed by atoms with Crippen molar-refractivity contribution in [2.75, 3.05) is 0 Å². The van der Waals surface area contributed by atoms with Gasteiger partial charge in [-0.05, 0) is 138 Å². The van der Waals surface area contributed by atoms with Crippen LogP contribution in [-0.2, 0) is 45.1 Å². The number of benzene rings is 4. The zero-order valence-electron chi connectivity index (χ0n) is 42.3. The molecule has 351 valence electrons. The van der Waals surface area contributed by atoms with Crippen LogP contribution in [0.3, 0.4) is 0 Å². The Hall–Kier alpha value is -6.33. The molecule has 1 aromatic heterocycles. The molecule has 0 unspecified atom stereocenters. The van der Waals surface area contributed by atoms with E-state index in [4.69, 9.17) is 20.0 Å². The van der Waals surface area contributed by atoms with Gasteiger partial charge in [-0.2, -0.15) is 0 Å². The molecule has 4 aliphatic heterocycles. The van der Waals surface area contributed by atoms with Crippen LogP contribution in [0, 0.1) is 6.92 Å². The second-order valence-electron chi connectivity index (χ2n) is 23.2. The van der Waals surface area contributed by atoms with Gasteiger partial charge in [0.15, 0.2) is 0 Å². The summed E-state index contributed by atoms with van der Waals surface area (Å²) in [6.07, 6.45) is 10.8. The average molecular weight is 955 g/mol. The molecule has 10 rings (SSSR count). The fraction of sp³-hybridized carbons (Fsp3) is 0.286. The normalized spacial score (nSPS) is 16.9. The van der Waals surface area contributed by atoms with Crippen molar-refractivity contribution in [3.05, 3.63) is 222 Å². The fourth-order valence-corrected chi connectivity index (χ4v) is 9.99. The van der Waals surface area contributed by atoms with Crippen molar-refractivity contribution in [3.8, 4) is 0 Å². The molecule has 69 heavy (non-hydrogen) atoms. The number of aromatic nitrogens is 1. The largest absolute Gasteiger partial charge is 2.00 e. The minimum atomic E-state index is -0.109. The van der Waals surface area contributed by atoms with Crippen molar-refractivity contribution in [3.63, 3.8) is 0 Å². The molecule has 4 aromatic carbocycles. The third-order valence-corrected chi connectivity index (χ3v) is 14.0. The molecule has 0 saturated heterocycles. The van der Waals surface area contributed by atoms with Gasteiger partial charge in [-0.15, -0.1) is 16.5 Å². The summed E-state index contributed by atoms with van der Waals surface area (Å²) in [7, 11) is 0. The standard InChI is InChI=1S/C63H63N4O.Cu/c1-36-32-44(63(11,12)13)33-40-34-53(68)45-35-52-57(39-18-24-43(25-19-39)62(8,9)10)50-29-28-48(65-50)55(37-14-20-41(21-15-37)60(2,3)4)46-26-27-47(64-46)56(38-16-22-42(23-17-38)61(5,6)7)49-30-31-51(66-49)58(54(36)40)59(45)67-52;/h14-33,35H,34H2,1-13H3,(H-,64,65,66,67,68);/q-1;+2/p-1. The molecule has 5 heterocycles. The Kier molecular flexibility index (Phi) is 11.7. The molecule has 0 amide bonds. The quantitative estimate of drug-likeness (QED) is 0.169. The van der Waals surface area contributed by atoms with E-state index in [2.05, 4.69) is 211 Å². The van der Waals surface area contributed by atoms with Crippen LogP contribution in [0.25, 0.3) is 22.3 Å². The summed E-state index contributed by atoms with van der Waals surface area (Å²) < 4.78 is 0. The van der Waals surface area contributed by atoms with Crippen LogP contribution >= 0.6 is 0 Å². The van der Waals surface area contributed by atoms with Crippen LogP contribution in [-0.4, -0.2) is 17.1 Å². The molecule has 0 spiro atoms. The van der Waals surface area contributed by atoms with Crippen LogP contribution in [0.4, 0.5) is 0 Å². The van der Waals surface area contributed by atoms with Crippen LogP contribution in [0.15, 0.2) is 171 Å². The predicted molar refractivity (Wildman–Crippen MR) is 283 cm³/mol. The molecule has 8 bridgehead atoms. The van der Waals surface area contributed by atoms with E-state index in [1.54, 1.807) is 0 Å². The van der Waals surface area contributed by atoms with E-state index in [-0.39, 0.29) is 50.9 Å². The fourth-order valence-electron chi connectivity index (χ4n) is 9.99. The first-order valence-corrected chi connectivity index (χ1v) is 24.1. The second-order valence-corrected chi connectivity index (χ2v) is 23.2. The smallest absolute Gasteiger partial charge is 0.875 e. The van der Waals surface area contributed by atoms with Crippen LogP contribution < -0.4 is 20.8 Å². The summed E-state index contributed by atoms with van der Waals surface area (Å²) >= 11 is 0. The monoisotopic (exact) mass is 953 g/mol. The molecule has 1 radical (unpaired) electrons. The van der Waals surface area contributed by atoms with Gasteiger partial charge < -0.3 is 10.1 Å². The summed E-state index contributed by atoms with van der Waals surface area (Å²) in [6.45, 7) is 29.0. The average Bonchev–Trinajstić information content (AvgIpc) is 4.10. The van der Waals surface area contributed by atoms with Crippen molar-refractivity contribution in [2.45, 2.75) is 118 Å². The first-order valence-electron chi connectivity index (χ1n) is 24.1. The first kappa shape index (κ1) is 47.7. The van der Waals surface area contributed by atoms with Crippen molar-refractivity contribution in [2.24, 2.45) is 15.0 Å². The number of allylic oxidation sites excluding steroid dienone is 9. The molecule has 6 heteroatoms. The Morgan fingerprint density at radius 1 is 0.478 bits per heavy atom. The van der Waals surface area contributed by atoms with Gasteiger partial charge in [-0.25, -0.2) is 15.0 Å². The summed E-state index contributed by atoms with van der Waals surface area (Å²) in [6, 6.07) is 35.2. The van der Waals surface area contributed by atoms with Crippen LogP contribution in [0.2, 0.25) is 0 Å². The summed E-state index contributed by atoms with van der Waals surface area (Å²) in [5.74, 6) is 0.0393. The van der Waals surface area contributed by atoms with Crippen molar-refractivity contribution in [1.29, 1.82) is 0 Å². The van der Waals surface area contributed by atoms with E-state index in [1.807, 2.05) is 6.08 Å². The molecule has 0 fully saturated rings. The van der Waals surface area contributed by atoms with E-state index < -0.39 is 0 Å². The first-order chi connectivity index (χ1) is 32.0. The van der Waals surface area contributed by atoms with Crippen LogP contribution in [0.5, 0.6) is 0 Å². The molecule has 0 N–H and O–H groups in total. The Morgan fingerprint density at radius 3 is 1.41 bits per heavy atom. The molecule has 1 aliphatic carbocycles. The van der Waals surface area contributed by atoms with Crippen molar-refractivity contribution in [1.82, 2.24) is 4.98 Å². The van der Waals surface area contributed by atoms with Gasteiger partial charge in [0.2, 0.25) is 0 Å². The molecular weight excluding hydrogens is 892 g/mol. The number of nitrogens with zero attached hydrogens (tertiary/aromatic N) is 4. The van der Waals surface area contributed by atoms with Crippen LogP contribution in [0.1, 0.15) is 139 Å². The molecular formula is C63H62CuN4O. The SMILES string of the molecule is Cc1cc(C(C)(C)C)cc2c1C1=c3ccc([n-]3)=C(c3ccc(C(C)(C)C)cc3)C3=NC(=C(c4ccc(C(C)(C)C)cc4)C4=NC(=C(c5ccc(C(C)(C)C)cc5)C5=CC(=C([O-])C2)C1=N5)C=C4)C=C3.[Cu+2].